The van der Waals surface area contributed by atoms with Gasteiger partial charge in [-0.05, 0) is 35.4 Å². The van der Waals surface area contributed by atoms with Crippen LogP contribution in [-0.4, -0.2) is 43.0 Å². The van der Waals surface area contributed by atoms with Crippen molar-refractivity contribution in [2.75, 3.05) is 6.61 Å². The van der Waals surface area contributed by atoms with E-state index in [0.29, 0.717) is 11.1 Å². The highest BCUT2D eigenvalue weighted by Gasteiger charge is 2.33. The molecule has 1 aromatic heterocycles. The number of ketones is 1. The molecule has 202 valence electrons. The second kappa shape index (κ2) is 10.3. The second-order valence-electron chi connectivity index (χ2n) is 9.02. The monoisotopic (exact) mass is 542 g/mol. The summed E-state index contributed by atoms with van der Waals surface area (Å²) in [6.45, 7) is 0.125. The highest BCUT2D eigenvalue weighted by Crippen LogP contribution is 2.40. The van der Waals surface area contributed by atoms with Gasteiger partial charge < -0.3 is 39.8 Å². The number of carbonyl (C=O) groups excluding carboxylic acids is 1. The predicted molar refractivity (Wildman–Crippen MR) is 143 cm³/mol. The summed E-state index contributed by atoms with van der Waals surface area (Å²) in [4.78, 5) is 24.8. The summed E-state index contributed by atoms with van der Waals surface area (Å²) in [5, 5.41) is 56.9. The summed E-state index contributed by atoms with van der Waals surface area (Å²) in [7, 11) is 0. The number of ether oxygens (including phenoxy) is 1. The van der Waals surface area contributed by atoms with Gasteiger partial charge in [0.15, 0.2) is 5.78 Å². The van der Waals surface area contributed by atoms with Crippen molar-refractivity contribution in [1.82, 2.24) is 0 Å². The van der Waals surface area contributed by atoms with Crippen molar-refractivity contribution in [2.24, 2.45) is 0 Å². The van der Waals surface area contributed by atoms with Gasteiger partial charge >= 0.3 is 0 Å². The Morgan fingerprint density at radius 3 is 1.95 bits per heavy atom. The van der Waals surface area contributed by atoms with Gasteiger partial charge in [-0.15, -0.1) is 0 Å². The summed E-state index contributed by atoms with van der Waals surface area (Å²) in [5.41, 5.74) is 1.30. The molecule has 0 saturated carbocycles. The molecule has 0 fully saturated rings. The topological polar surface area (TPSA) is 178 Å². The zero-order valence-electron chi connectivity index (χ0n) is 20.6. The molecule has 1 unspecified atom stereocenters. The summed E-state index contributed by atoms with van der Waals surface area (Å²) in [6.07, 6.45) is 1.26. The van der Waals surface area contributed by atoms with Gasteiger partial charge in [-0.25, -0.2) is 0 Å². The normalized spacial score (nSPS) is 14.1. The van der Waals surface area contributed by atoms with E-state index in [1.54, 1.807) is 24.3 Å². The molecule has 10 nitrogen and oxygen atoms in total. The van der Waals surface area contributed by atoms with Gasteiger partial charge in [0.25, 0.3) is 0 Å². The quantitative estimate of drug-likeness (QED) is 0.183. The molecule has 2 heterocycles. The Morgan fingerprint density at radius 2 is 1.27 bits per heavy atom. The van der Waals surface area contributed by atoms with Crippen LogP contribution >= 0.6 is 0 Å². The third-order valence-electron chi connectivity index (χ3n) is 6.35. The largest absolute Gasteiger partial charge is 0.508 e. The lowest BCUT2D eigenvalue weighted by Crippen LogP contribution is -2.26. The molecule has 0 radical (unpaired) electrons. The summed E-state index contributed by atoms with van der Waals surface area (Å²) in [5.74, 6) is -1.40. The van der Waals surface area contributed by atoms with Gasteiger partial charge in [0.1, 0.15) is 69.6 Å². The molecule has 1 aliphatic rings. The molecule has 1 atom stereocenters. The van der Waals surface area contributed by atoms with Crippen LogP contribution in [0.2, 0.25) is 0 Å². The summed E-state index contributed by atoms with van der Waals surface area (Å²) >= 11 is 0. The number of phenolic OH excluding ortho intramolecular Hbond substituents is 6. The van der Waals surface area contributed by atoms with E-state index in [1.165, 1.54) is 42.7 Å². The number of carbonyl (C=O) groups is 1. The average molecular weight is 542 g/mol. The van der Waals surface area contributed by atoms with Crippen LogP contribution in [0.5, 0.6) is 40.2 Å². The van der Waals surface area contributed by atoms with Crippen LogP contribution in [-0.2, 0) is 0 Å². The third kappa shape index (κ3) is 4.93. The Labute approximate surface area is 225 Å². The highest BCUT2D eigenvalue weighted by molar-refractivity contribution is 6.06. The van der Waals surface area contributed by atoms with E-state index < -0.39 is 11.3 Å². The maximum absolute atomic E-state index is 12.5. The zero-order valence-corrected chi connectivity index (χ0v) is 20.6. The van der Waals surface area contributed by atoms with E-state index in [9.17, 15) is 40.2 Å². The molecular formula is C30H22O10. The average Bonchev–Trinajstić information content (AvgIpc) is 2.90. The van der Waals surface area contributed by atoms with Gasteiger partial charge in [0, 0.05) is 24.3 Å². The number of aromatic hydroxyl groups is 6. The van der Waals surface area contributed by atoms with Gasteiger partial charge in [-0.1, -0.05) is 24.3 Å². The molecule has 5 aromatic rings. The van der Waals surface area contributed by atoms with E-state index >= 15 is 0 Å². The van der Waals surface area contributed by atoms with Crippen LogP contribution in [0, 0.1) is 0 Å². The fraction of sp³-hybridized carbons (Fsp3) is 0.0667. The van der Waals surface area contributed by atoms with Crippen molar-refractivity contribution >= 4 is 16.8 Å². The molecule has 0 bridgehead atoms. The first-order chi connectivity index (χ1) is 19.1. The molecule has 40 heavy (non-hydrogen) atoms. The van der Waals surface area contributed by atoms with Gasteiger partial charge in [-0.2, -0.15) is 0 Å². The van der Waals surface area contributed by atoms with E-state index in [4.69, 9.17) is 9.15 Å². The van der Waals surface area contributed by atoms with Crippen LogP contribution in [0.1, 0.15) is 21.8 Å². The lowest BCUT2D eigenvalue weighted by molar-refractivity contribution is 0.0892. The van der Waals surface area contributed by atoms with E-state index in [1.807, 2.05) is 0 Å². The van der Waals surface area contributed by atoms with Crippen LogP contribution in [0.3, 0.4) is 0 Å². The number of benzene rings is 4. The first-order valence-electron chi connectivity index (χ1n) is 11.9. The van der Waals surface area contributed by atoms with Crippen molar-refractivity contribution in [3.05, 3.63) is 100 Å². The van der Waals surface area contributed by atoms with Gasteiger partial charge in [0.05, 0.1) is 11.5 Å². The fourth-order valence-corrected chi connectivity index (χ4v) is 4.38. The Morgan fingerprint density at radius 1 is 0.675 bits per heavy atom. The Hall–Kier alpha value is -5.64. The first-order valence-corrected chi connectivity index (χ1v) is 11.9. The van der Waals surface area contributed by atoms with E-state index in [2.05, 4.69) is 0 Å². The van der Waals surface area contributed by atoms with Crippen molar-refractivity contribution in [2.45, 2.75) is 5.92 Å². The molecule has 6 rings (SSSR count). The second-order valence-corrected chi connectivity index (χ2v) is 9.02. The molecule has 4 aromatic carbocycles. The van der Waals surface area contributed by atoms with Crippen molar-refractivity contribution in [1.29, 1.82) is 0 Å². The van der Waals surface area contributed by atoms with Crippen molar-refractivity contribution in [3.63, 3.8) is 0 Å². The summed E-state index contributed by atoms with van der Waals surface area (Å²) in [6, 6.07) is 17.1. The smallest absolute Gasteiger partial charge is 0.204 e. The number of hydrogen-bond acceptors (Lipinski definition) is 10. The molecule has 0 saturated heterocycles. The SMILES string of the molecule is O=C1c2c(O)cc(O)cc2OCC1c1ccc(O)cc1.O=c1c(-c2ccc(O)cc2)coc2cc(O)cc(O)c12. The van der Waals surface area contributed by atoms with Crippen molar-refractivity contribution in [3.8, 4) is 51.4 Å². The fourth-order valence-electron chi connectivity index (χ4n) is 4.38. The highest BCUT2D eigenvalue weighted by atomic mass is 16.5. The standard InChI is InChI=1S/C15H12O5.C15H10O5/c2*16-9-3-1-8(2-4-9)11-7-20-13-6-10(17)5-12(18)14(13)15(11)19/h1-6,11,16-18H,7H2;1-7,16-18H. The van der Waals surface area contributed by atoms with Crippen LogP contribution in [0.4, 0.5) is 0 Å². The lowest BCUT2D eigenvalue weighted by atomic mass is 9.88. The van der Waals surface area contributed by atoms with Crippen LogP contribution < -0.4 is 10.2 Å². The molecule has 6 N–H and O–H groups in total. The Bertz CT molecular complexity index is 1790. The minimum atomic E-state index is -0.543. The lowest BCUT2D eigenvalue weighted by Gasteiger charge is -2.25. The maximum atomic E-state index is 12.5. The minimum Gasteiger partial charge on any atom is -0.508 e. The van der Waals surface area contributed by atoms with Gasteiger partial charge in [-0.3, -0.25) is 9.59 Å². The third-order valence-corrected chi connectivity index (χ3v) is 6.35. The Balaban J connectivity index is 0.000000161. The van der Waals surface area contributed by atoms with Crippen LogP contribution in [0.25, 0.3) is 22.1 Å². The number of Topliss-reactive ketones (excluding diaryl/α,β-unsaturated/α-hetero) is 1. The van der Waals surface area contributed by atoms with Gasteiger partial charge in [0.2, 0.25) is 5.43 Å². The Kier molecular flexibility index (Phi) is 6.66. The molecule has 10 heteroatoms. The first kappa shape index (κ1) is 26.0. The number of fused-ring (bicyclic) bond motifs is 2. The number of hydrogen-bond donors (Lipinski definition) is 6. The minimum absolute atomic E-state index is 0.00775. The molecular weight excluding hydrogens is 520 g/mol. The number of rotatable bonds is 2. The summed E-state index contributed by atoms with van der Waals surface area (Å²) < 4.78 is 10.7. The van der Waals surface area contributed by atoms with E-state index in [0.717, 1.165) is 12.1 Å². The molecule has 0 aliphatic carbocycles. The molecule has 1 aliphatic heterocycles. The number of phenols is 6. The van der Waals surface area contributed by atoms with E-state index in [-0.39, 0.29) is 74.7 Å². The predicted octanol–water partition coefficient (Wildman–Crippen LogP) is 4.74. The van der Waals surface area contributed by atoms with Crippen molar-refractivity contribution < 1.29 is 44.6 Å². The maximum Gasteiger partial charge on any atom is 0.204 e. The zero-order chi connectivity index (χ0) is 28.6. The van der Waals surface area contributed by atoms with Crippen LogP contribution in [0.15, 0.2) is 88.3 Å². The molecule has 0 amide bonds. The molecule has 0 spiro atoms.